The van der Waals surface area contributed by atoms with Crippen LogP contribution in [-0.4, -0.2) is 25.0 Å². The summed E-state index contributed by atoms with van der Waals surface area (Å²) < 4.78 is 5.23. The van der Waals surface area contributed by atoms with E-state index in [1.54, 1.807) is 19.2 Å². The molecule has 0 bridgehead atoms. The van der Waals surface area contributed by atoms with Crippen LogP contribution in [0.25, 0.3) is 6.08 Å². The van der Waals surface area contributed by atoms with E-state index in [-0.39, 0.29) is 5.78 Å². The van der Waals surface area contributed by atoms with Gasteiger partial charge in [-0.25, -0.2) is 0 Å². The van der Waals surface area contributed by atoms with Crippen LogP contribution in [0.5, 0.6) is 5.75 Å². The van der Waals surface area contributed by atoms with E-state index in [4.69, 9.17) is 4.74 Å². The van der Waals surface area contributed by atoms with E-state index in [0.29, 0.717) is 5.75 Å². The molecule has 4 rings (SSSR count). The fourth-order valence-corrected chi connectivity index (χ4v) is 4.57. The highest BCUT2D eigenvalue weighted by Gasteiger charge is 2.62. The normalized spacial score (nSPS) is 23.9. The summed E-state index contributed by atoms with van der Waals surface area (Å²) in [6.07, 6.45) is 3.82. The number of para-hydroxylation sites is 1. The number of Topliss-reactive ketones (excluding diaryl/α,β-unsaturated/α-hetero) is 1. The number of anilines is 1. The van der Waals surface area contributed by atoms with Crippen LogP contribution in [-0.2, 0) is 4.79 Å². The molecule has 28 heavy (non-hydrogen) atoms. The van der Waals surface area contributed by atoms with Gasteiger partial charge in [-0.3, -0.25) is 4.79 Å². The van der Waals surface area contributed by atoms with Crippen LogP contribution in [0, 0.1) is 28.1 Å². The Kier molecular flexibility index (Phi) is 4.17. The molecule has 0 N–H and O–H groups in total. The molecular weight excluding hydrogens is 350 g/mol. The van der Waals surface area contributed by atoms with Crippen molar-refractivity contribution in [1.29, 1.82) is 10.5 Å². The summed E-state index contributed by atoms with van der Waals surface area (Å²) >= 11 is 0. The van der Waals surface area contributed by atoms with Gasteiger partial charge in [-0.1, -0.05) is 42.5 Å². The number of methoxy groups -OCH3 is 1. The number of ether oxygens (including phenoxy) is 1. The quantitative estimate of drug-likeness (QED) is 0.825. The topological polar surface area (TPSA) is 77.1 Å². The van der Waals surface area contributed by atoms with Crippen LogP contribution in [0.1, 0.15) is 24.0 Å². The molecule has 1 fully saturated rings. The van der Waals surface area contributed by atoms with Gasteiger partial charge in [0.25, 0.3) is 0 Å². The number of nitriles is 2. The molecule has 138 valence electrons. The van der Waals surface area contributed by atoms with E-state index in [0.717, 1.165) is 16.8 Å². The molecule has 2 aliphatic heterocycles. The Labute approximate surface area is 164 Å². The molecule has 0 spiro atoms. The molecule has 0 aromatic heterocycles. The predicted octanol–water partition coefficient (Wildman–Crippen LogP) is 3.69. The second kappa shape index (κ2) is 6.55. The average molecular weight is 369 g/mol. The third-order valence-corrected chi connectivity index (χ3v) is 5.81. The number of carbonyl (C=O) groups is 1. The van der Waals surface area contributed by atoms with Gasteiger partial charge in [0, 0.05) is 11.6 Å². The minimum absolute atomic E-state index is 0.0664. The van der Waals surface area contributed by atoms with E-state index in [2.05, 4.69) is 12.1 Å². The highest BCUT2D eigenvalue weighted by Crippen LogP contribution is 2.55. The summed E-state index contributed by atoms with van der Waals surface area (Å²) in [5, 5.41) is 20.3. The Morgan fingerprint density at radius 3 is 2.39 bits per heavy atom. The molecule has 1 saturated heterocycles. The largest absolute Gasteiger partial charge is 0.497 e. The second-order valence-electron chi connectivity index (χ2n) is 7.17. The summed E-state index contributed by atoms with van der Waals surface area (Å²) in [4.78, 5) is 14.8. The summed E-state index contributed by atoms with van der Waals surface area (Å²) in [5.74, 6) is 0.0404. The Balaban J connectivity index is 1.96. The highest BCUT2D eigenvalue weighted by atomic mass is 16.5. The zero-order valence-electron chi connectivity index (χ0n) is 15.7. The van der Waals surface area contributed by atoms with Crippen LogP contribution in [0.4, 0.5) is 5.69 Å². The van der Waals surface area contributed by atoms with Crippen LogP contribution in [0.15, 0.2) is 54.6 Å². The fraction of sp³-hybridized carbons (Fsp3) is 0.261. The SMILES string of the molecule is COc1ccc([C@H]2[C@H](C(C)=O)N3c4ccccc4C=C[C@@H]3C2(C#N)C#N)cc1. The predicted molar refractivity (Wildman–Crippen MR) is 106 cm³/mol. The van der Waals surface area contributed by atoms with Gasteiger partial charge in [-0.05, 0) is 36.2 Å². The van der Waals surface area contributed by atoms with Crippen LogP contribution in [0.2, 0.25) is 0 Å². The van der Waals surface area contributed by atoms with Gasteiger partial charge in [0.2, 0.25) is 0 Å². The van der Waals surface area contributed by atoms with Crippen LogP contribution >= 0.6 is 0 Å². The maximum atomic E-state index is 12.8. The monoisotopic (exact) mass is 369 g/mol. The number of carbonyl (C=O) groups excluding carboxylic acids is 1. The van der Waals surface area contributed by atoms with Gasteiger partial charge < -0.3 is 9.64 Å². The number of benzene rings is 2. The molecular formula is C23H19N3O2. The lowest BCUT2D eigenvalue weighted by molar-refractivity contribution is -0.118. The summed E-state index contributed by atoms with van der Waals surface area (Å²) in [5.41, 5.74) is 1.25. The first-order valence-corrected chi connectivity index (χ1v) is 9.10. The van der Waals surface area contributed by atoms with Crippen LogP contribution in [0.3, 0.4) is 0 Å². The zero-order chi connectivity index (χ0) is 19.9. The zero-order valence-corrected chi connectivity index (χ0v) is 15.7. The van der Waals surface area contributed by atoms with Crippen molar-refractivity contribution >= 4 is 17.5 Å². The lowest BCUT2D eigenvalue weighted by Crippen LogP contribution is -2.43. The molecule has 3 atom stereocenters. The maximum absolute atomic E-state index is 12.8. The third-order valence-electron chi connectivity index (χ3n) is 5.81. The van der Waals surface area contributed by atoms with Crippen molar-refractivity contribution in [3.05, 3.63) is 65.7 Å². The van der Waals surface area contributed by atoms with E-state index in [1.165, 1.54) is 6.92 Å². The fourth-order valence-electron chi connectivity index (χ4n) is 4.57. The smallest absolute Gasteiger partial charge is 0.176 e. The molecule has 2 heterocycles. The average Bonchev–Trinajstić information content (AvgIpc) is 3.05. The molecule has 2 aromatic rings. The standard InChI is InChI=1S/C23H19N3O2/c1-15(27)22-21(17-7-10-18(28-2)11-8-17)23(13-24,14-25)20-12-9-16-5-3-4-6-19(16)26(20)22/h3-12,20-22H,1-2H3/t20-,21+,22+/m1/s1. The summed E-state index contributed by atoms with van der Waals surface area (Å²) in [6.45, 7) is 1.53. The first kappa shape index (κ1) is 17.8. The number of nitrogens with zero attached hydrogens (tertiary/aromatic N) is 3. The Hall–Kier alpha value is -3.57. The van der Waals surface area contributed by atoms with Gasteiger partial charge in [0.05, 0.1) is 31.3 Å². The van der Waals surface area contributed by atoms with Gasteiger partial charge in [0.1, 0.15) is 5.75 Å². The van der Waals surface area contributed by atoms with E-state index in [1.807, 2.05) is 53.5 Å². The second-order valence-corrected chi connectivity index (χ2v) is 7.17. The molecule has 0 unspecified atom stereocenters. The first-order chi connectivity index (χ1) is 13.6. The van der Waals surface area contributed by atoms with Gasteiger partial charge >= 0.3 is 0 Å². The maximum Gasteiger partial charge on any atom is 0.176 e. The van der Waals surface area contributed by atoms with Crippen LogP contribution < -0.4 is 9.64 Å². The molecule has 0 saturated carbocycles. The lowest BCUT2D eigenvalue weighted by Gasteiger charge is -2.35. The van der Waals surface area contributed by atoms with Crippen molar-refractivity contribution in [2.45, 2.75) is 24.9 Å². The lowest BCUT2D eigenvalue weighted by atomic mass is 9.69. The van der Waals surface area contributed by atoms with Crippen molar-refractivity contribution < 1.29 is 9.53 Å². The molecule has 0 aliphatic carbocycles. The number of hydrogen-bond donors (Lipinski definition) is 0. The number of hydrogen-bond acceptors (Lipinski definition) is 5. The molecule has 5 heteroatoms. The van der Waals surface area contributed by atoms with Gasteiger partial charge in [-0.2, -0.15) is 10.5 Å². The van der Waals surface area contributed by atoms with Gasteiger partial charge in [0.15, 0.2) is 11.2 Å². The summed E-state index contributed by atoms with van der Waals surface area (Å²) in [6, 6.07) is 18.5. The number of fused-ring (bicyclic) bond motifs is 3. The van der Waals surface area contributed by atoms with Crippen molar-refractivity contribution in [1.82, 2.24) is 0 Å². The highest BCUT2D eigenvalue weighted by molar-refractivity contribution is 5.91. The van der Waals surface area contributed by atoms with Crippen molar-refractivity contribution in [2.75, 3.05) is 12.0 Å². The molecule has 2 aromatic carbocycles. The van der Waals surface area contributed by atoms with Gasteiger partial charge in [-0.15, -0.1) is 0 Å². The van der Waals surface area contributed by atoms with Crippen molar-refractivity contribution in [3.8, 4) is 17.9 Å². The summed E-state index contributed by atoms with van der Waals surface area (Å²) in [7, 11) is 1.58. The van der Waals surface area contributed by atoms with Crippen molar-refractivity contribution in [3.63, 3.8) is 0 Å². The minimum atomic E-state index is -1.38. The Morgan fingerprint density at radius 1 is 1.11 bits per heavy atom. The Bertz CT molecular complexity index is 1030. The molecule has 2 aliphatic rings. The first-order valence-electron chi connectivity index (χ1n) is 9.10. The van der Waals surface area contributed by atoms with Crippen molar-refractivity contribution in [2.24, 2.45) is 5.41 Å². The Morgan fingerprint density at radius 2 is 1.79 bits per heavy atom. The molecule has 0 amide bonds. The molecule has 5 nitrogen and oxygen atoms in total. The minimum Gasteiger partial charge on any atom is -0.497 e. The molecule has 0 radical (unpaired) electrons. The van der Waals surface area contributed by atoms with E-state index < -0.39 is 23.4 Å². The van der Waals surface area contributed by atoms with E-state index >= 15 is 0 Å². The number of rotatable bonds is 3. The third kappa shape index (κ3) is 2.33. The van der Waals surface area contributed by atoms with E-state index in [9.17, 15) is 15.3 Å². The number of ketones is 1.